The molecule has 0 aromatic carbocycles. The smallest absolute Gasteiger partial charge is 0.290 e. The Kier molecular flexibility index (Phi) is 26.1. The number of likely N-dealkylation sites (tertiary alicyclic amines) is 1. The lowest BCUT2D eigenvalue weighted by atomic mass is 10.4. The predicted octanol–water partition coefficient (Wildman–Crippen LogP) is 1.97. The van der Waals surface area contributed by atoms with Gasteiger partial charge in [-0.2, -0.15) is 0 Å². The van der Waals surface area contributed by atoms with Crippen LogP contribution in [0.15, 0.2) is 0 Å². The van der Waals surface area contributed by atoms with E-state index in [4.69, 9.17) is 9.90 Å². The second-order valence-electron chi connectivity index (χ2n) is 3.43. The maximum Gasteiger partial charge on any atom is 0.290 e. The molecular weight excluding hydrogens is 232 g/mol. The standard InChI is InChI=1S/C7H14N2O.C3H8.C2H6.CH2O2/c1-8-6-7(10)9-4-2-3-5-9;1-3-2;1-2;2-1-3/h8H,2-6H2,1H3;3H2,1-2H3;1-2H3;1H,(H,2,3). The Balaban J connectivity index is -0.000000237. The van der Waals surface area contributed by atoms with Crippen molar-refractivity contribution in [3.8, 4) is 0 Å². The molecule has 1 rings (SSSR count). The molecule has 0 bridgehead atoms. The van der Waals surface area contributed by atoms with Gasteiger partial charge >= 0.3 is 0 Å². The summed E-state index contributed by atoms with van der Waals surface area (Å²) < 4.78 is 0. The van der Waals surface area contributed by atoms with Gasteiger partial charge in [0.25, 0.3) is 6.47 Å². The van der Waals surface area contributed by atoms with Gasteiger partial charge in [-0.25, -0.2) is 0 Å². The van der Waals surface area contributed by atoms with Crippen molar-refractivity contribution in [3.63, 3.8) is 0 Å². The molecule has 0 saturated carbocycles. The van der Waals surface area contributed by atoms with Crippen molar-refractivity contribution < 1.29 is 14.7 Å². The van der Waals surface area contributed by atoms with Crippen LogP contribution in [0.4, 0.5) is 0 Å². The van der Waals surface area contributed by atoms with Gasteiger partial charge in [-0.05, 0) is 19.9 Å². The Morgan fingerprint density at radius 3 is 1.89 bits per heavy atom. The Labute approximate surface area is 112 Å². The molecular formula is C13H30N2O3. The Hall–Kier alpha value is -1.10. The molecule has 0 aliphatic carbocycles. The molecule has 18 heavy (non-hydrogen) atoms. The van der Waals surface area contributed by atoms with Crippen molar-refractivity contribution in [3.05, 3.63) is 0 Å². The SMILES string of the molecule is CC.CCC.CNCC(=O)N1CCCC1.O=CO. The van der Waals surface area contributed by atoms with Crippen LogP contribution in [-0.4, -0.2) is 49.1 Å². The van der Waals surface area contributed by atoms with Crippen LogP contribution in [-0.2, 0) is 9.59 Å². The first kappa shape index (κ1) is 22.1. The van der Waals surface area contributed by atoms with Gasteiger partial charge in [0.05, 0.1) is 6.54 Å². The number of hydrogen-bond donors (Lipinski definition) is 2. The number of carbonyl (C=O) groups excluding carboxylic acids is 1. The predicted molar refractivity (Wildman–Crippen MR) is 75.7 cm³/mol. The quantitative estimate of drug-likeness (QED) is 0.747. The molecule has 1 fully saturated rings. The highest BCUT2D eigenvalue weighted by Gasteiger charge is 2.15. The Morgan fingerprint density at radius 2 is 1.61 bits per heavy atom. The average molecular weight is 262 g/mol. The molecule has 5 nitrogen and oxygen atoms in total. The summed E-state index contributed by atoms with van der Waals surface area (Å²) >= 11 is 0. The summed E-state index contributed by atoms with van der Waals surface area (Å²) in [4.78, 5) is 21.4. The van der Waals surface area contributed by atoms with Crippen LogP contribution < -0.4 is 5.32 Å². The number of carboxylic acid groups (broad SMARTS) is 1. The van der Waals surface area contributed by atoms with E-state index in [2.05, 4.69) is 19.2 Å². The average Bonchev–Trinajstić information content (AvgIpc) is 2.88. The van der Waals surface area contributed by atoms with Crippen LogP contribution in [0.25, 0.3) is 0 Å². The fourth-order valence-electron chi connectivity index (χ4n) is 1.23. The second-order valence-corrected chi connectivity index (χ2v) is 3.43. The summed E-state index contributed by atoms with van der Waals surface area (Å²) in [6, 6.07) is 0. The Morgan fingerprint density at radius 1 is 1.28 bits per heavy atom. The van der Waals surface area contributed by atoms with E-state index in [1.165, 1.54) is 19.3 Å². The summed E-state index contributed by atoms with van der Waals surface area (Å²) in [7, 11) is 1.80. The van der Waals surface area contributed by atoms with E-state index in [9.17, 15) is 4.79 Å². The minimum absolute atomic E-state index is 0.236. The van der Waals surface area contributed by atoms with Gasteiger partial charge in [-0.3, -0.25) is 9.59 Å². The molecule has 0 spiro atoms. The number of nitrogens with one attached hydrogen (secondary N) is 1. The third-order valence-electron chi connectivity index (χ3n) is 1.79. The van der Waals surface area contributed by atoms with Crippen LogP contribution in [0.1, 0.15) is 47.0 Å². The maximum atomic E-state index is 11.1. The van der Waals surface area contributed by atoms with Crippen LogP contribution in [0.5, 0.6) is 0 Å². The first-order valence-corrected chi connectivity index (χ1v) is 6.68. The van der Waals surface area contributed by atoms with Crippen molar-refractivity contribution in [1.82, 2.24) is 10.2 Å². The molecule has 0 aromatic heterocycles. The normalized spacial score (nSPS) is 11.9. The molecule has 0 atom stereocenters. The number of hydrogen-bond acceptors (Lipinski definition) is 3. The number of carbonyl (C=O) groups is 2. The van der Waals surface area contributed by atoms with E-state index in [1.807, 2.05) is 18.7 Å². The number of nitrogens with zero attached hydrogens (tertiary/aromatic N) is 1. The van der Waals surface area contributed by atoms with Gasteiger partial charge in [0, 0.05) is 13.1 Å². The first-order chi connectivity index (χ1) is 8.67. The number of rotatable bonds is 2. The van der Waals surface area contributed by atoms with Crippen molar-refractivity contribution in [2.24, 2.45) is 0 Å². The molecule has 1 aliphatic heterocycles. The molecule has 5 heteroatoms. The molecule has 0 radical (unpaired) electrons. The molecule has 1 aliphatic rings. The molecule has 1 heterocycles. The summed E-state index contributed by atoms with van der Waals surface area (Å²) in [5.74, 6) is 0.236. The minimum Gasteiger partial charge on any atom is -0.483 e. The van der Waals surface area contributed by atoms with Gasteiger partial charge in [-0.15, -0.1) is 0 Å². The van der Waals surface area contributed by atoms with Crippen LogP contribution >= 0.6 is 0 Å². The zero-order valence-corrected chi connectivity index (χ0v) is 12.5. The third-order valence-corrected chi connectivity index (χ3v) is 1.79. The minimum atomic E-state index is -0.250. The molecule has 0 aromatic rings. The van der Waals surface area contributed by atoms with Crippen LogP contribution in [0, 0.1) is 0 Å². The second kappa shape index (κ2) is 21.2. The highest BCUT2D eigenvalue weighted by Crippen LogP contribution is 2.06. The van der Waals surface area contributed by atoms with Crippen molar-refractivity contribution >= 4 is 12.4 Å². The topological polar surface area (TPSA) is 69.6 Å². The summed E-state index contributed by atoms with van der Waals surface area (Å²) in [5, 5.41) is 9.74. The van der Waals surface area contributed by atoms with Crippen molar-refractivity contribution in [2.75, 3.05) is 26.7 Å². The molecule has 2 N–H and O–H groups in total. The van der Waals surface area contributed by atoms with Crippen molar-refractivity contribution in [2.45, 2.75) is 47.0 Å². The van der Waals surface area contributed by atoms with Gasteiger partial charge < -0.3 is 15.3 Å². The van der Waals surface area contributed by atoms with Gasteiger partial charge in [0.2, 0.25) is 5.91 Å². The summed E-state index contributed by atoms with van der Waals surface area (Å²) in [6.45, 7) is 10.4. The van der Waals surface area contributed by atoms with Crippen LogP contribution in [0.2, 0.25) is 0 Å². The number of likely N-dealkylation sites (N-methyl/N-ethyl adjacent to an activating group) is 1. The summed E-state index contributed by atoms with van der Waals surface area (Å²) in [5.41, 5.74) is 0. The van der Waals surface area contributed by atoms with E-state index in [0.29, 0.717) is 6.54 Å². The van der Waals surface area contributed by atoms with Crippen molar-refractivity contribution in [1.29, 1.82) is 0 Å². The largest absolute Gasteiger partial charge is 0.483 e. The summed E-state index contributed by atoms with van der Waals surface area (Å²) in [6.07, 6.45) is 3.60. The fourth-order valence-corrected chi connectivity index (χ4v) is 1.23. The lowest BCUT2D eigenvalue weighted by Gasteiger charge is -2.13. The zero-order valence-electron chi connectivity index (χ0n) is 12.5. The monoisotopic (exact) mass is 262 g/mol. The third kappa shape index (κ3) is 17.3. The highest BCUT2D eigenvalue weighted by atomic mass is 16.3. The van der Waals surface area contributed by atoms with E-state index < -0.39 is 0 Å². The molecule has 0 unspecified atom stereocenters. The van der Waals surface area contributed by atoms with E-state index in [1.54, 1.807) is 7.05 Å². The highest BCUT2D eigenvalue weighted by molar-refractivity contribution is 5.78. The zero-order chi connectivity index (χ0) is 14.8. The number of amides is 1. The molecule has 110 valence electrons. The van der Waals surface area contributed by atoms with Gasteiger partial charge in [0.15, 0.2) is 0 Å². The lowest BCUT2D eigenvalue weighted by molar-refractivity contribution is -0.129. The van der Waals surface area contributed by atoms with Gasteiger partial charge in [0.1, 0.15) is 0 Å². The molecule has 1 amide bonds. The van der Waals surface area contributed by atoms with E-state index in [0.717, 1.165) is 13.1 Å². The first-order valence-electron chi connectivity index (χ1n) is 6.68. The van der Waals surface area contributed by atoms with E-state index >= 15 is 0 Å². The maximum absolute atomic E-state index is 11.1. The van der Waals surface area contributed by atoms with Crippen LogP contribution in [0.3, 0.4) is 0 Å². The van der Waals surface area contributed by atoms with E-state index in [-0.39, 0.29) is 12.4 Å². The molecule has 1 saturated heterocycles. The lowest BCUT2D eigenvalue weighted by Crippen LogP contribution is -2.34. The Bertz CT molecular complexity index is 170. The van der Waals surface area contributed by atoms with Gasteiger partial charge in [-0.1, -0.05) is 34.1 Å². The fraction of sp³-hybridized carbons (Fsp3) is 0.846.